The molecule has 46 heavy (non-hydrogen) atoms. The number of allylic oxidation sites excluding steroid dienone is 3. The first-order valence-electron chi connectivity index (χ1n) is 17.6. The smallest absolute Gasteiger partial charge is 0.0554 e. The molecule has 9 atom stereocenters. The zero-order valence-electron chi connectivity index (χ0n) is 27.0. The van der Waals surface area contributed by atoms with Crippen molar-refractivity contribution in [1.82, 2.24) is 0 Å². The number of anilines is 2. The predicted molar refractivity (Wildman–Crippen MR) is 193 cm³/mol. The lowest BCUT2D eigenvalue weighted by atomic mass is 9.68. The van der Waals surface area contributed by atoms with E-state index < -0.39 is 0 Å². The van der Waals surface area contributed by atoms with Crippen LogP contribution in [0.2, 0.25) is 0 Å². The minimum Gasteiger partial charge on any atom is -0.378 e. The highest BCUT2D eigenvalue weighted by Crippen LogP contribution is 2.54. The van der Waals surface area contributed by atoms with Gasteiger partial charge in [-0.05, 0) is 94.7 Å². The quantitative estimate of drug-likeness (QED) is 0.235. The zero-order chi connectivity index (χ0) is 30.8. The normalized spacial score (nSPS) is 32.2. The maximum atomic E-state index is 3.82. The topological polar surface area (TPSA) is 15.3 Å². The Hall–Kier alpha value is -4.30. The lowest BCUT2D eigenvalue weighted by Crippen LogP contribution is -2.43. The number of hydrogen-bond acceptors (Lipinski definition) is 2. The van der Waals surface area contributed by atoms with Gasteiger partial charge in [0.05, 0.1) is 6.04 Å². The standard InChI is InChI=1S/C44H44N2/c1-28-21-40-39-20-18-33(32-17-19-38-37-15-9-10-16-41(37)45-42(38)26-32)27-44(39)46(43(40)22-29(28)2)36-24-34(30-11-5-3-6-12-30)23-35(25-36)31-13-7-4-8-14-31/h3-20,23-26,28-29,33,38-40,42-45H,21-22,27H2,1-2H3. The van der Waals surface area contributed by atoms with Gasteiger partial charge in [-0.1, -0.05) is 123 Å². The first kappa shape index (κ1) is 28.0. The second kappa shape index (κ2) is 11.2. The molecule has 0 aromatic heterocycles. The van der Waals surface area contributed by atoms with Crippen LogP contribution in [0.3, 0.4) is 0 Å². The van der Waals surface area contributed by atoms with Crippen LogP contribution < -0.4 is 10.2 Å². The molecule has 0 radical (unpaired) electrons. The molecule has 2 heteroatoms. The molecule has 1 N–H and O–H groups in total. The van der Waals surface area contributed by atoms with E-state index in [9.17, 15) is 0 Å². The van der Waals surface area contributed by atoms with Gasteiger partial charge in [-0.2, -0.15) is 0 Å². The summed E-state index contributed by atoms with van der Waals surface area (Å²) in [5, 5.41) is 3.82. The highest BCUT2D eigenvalue weighted by Gasteiger charge is 2.52. The highest BCUT2D eigenvalue weighted by atomic mass is 15.2. The van der Waals surface area contributed by atoms with Crippen molar-refractivity contribution in [3.63, 3.8) is 0 Å². The Morgan fingerprint density at radius 3 is 2.04 bits per heavy atom. The summed E-state index contributed by atoms with van der Waals surface area (Å²) >= 11 is 0. The molecule has 4 aromatic carbocycles. The van der Waals surface area contributed by atoms with E-state index in [0.29, 0.717) is 41.8 Å². The van der Waals surface area contributed by atoms with Crippen LogP contribution in [0.15, 0.2) is 139 Å². The predicted octanol–water partition coefficient (Wildman–Crippen LogP) is 10.5. The second-order valence-corrected chi connectivity index (χ2v) is 14.7. The van der Waals surface area contributed by atoms with Gasteiger partial charge in [0.25, 0.3) is 0 Å². The maximum absolute atomic E-state index is 3.82. The van der Waals surface area contributed by atoms with E-state index >= 15 is 0 Å². The molecule has 2 heterocycles. The third-order valence-electron chi connectivity index (χ3n) is 12.2. The third-order valence-corrected chi connectivity index (χ3v) is 12.2. The minimum atomic E-state index is 0.350. The summed E-state index contributed by atoms with van der Waals surface area (Å²) in [6, 6.07) is 39.6. The number of benzene rings is 4. The van der Waals surface area contributed by atoms with Crippen LogP contribution in [0.25, 0.3) is 22.3 Å². The van der Waals surface area contributed by atoms with Crippen molar-refractivity contribution >= 4 is 11.4 Å². The number of rotatable bonds is 4. The molecule has 1 saturated carbocycles. The summed E-state index contributed by atoms with van der Waals surface area (Å²) < 4.78 is 0. The first-order valence-corrected chi connectivity index (χ1v) is 17.6. The summed E-state index contributed by atoms with van der Waals surface area (Å²) in [6.07, 6.45) is 16.5. The van der Waals surface area contributed by atoms with Gasteiger partial charge >= 0.3 is 0 Å². The van der Waals surface area contributed by atoms with Crippen LogP contribution in [0.5, 0.6) is 0 Å². The summed E-state index contributed by atoms with van der Waals surface area (Å²) in [6.45, 7) is 4.99. The molecule has 1 saturated heterocycles. The molecule has 0 bridgehead atoms. The van der Waals surface area contributed by atoms with Gasteiger partial charge in [0, 0.05) is 41.2 Å². The van der Waals surface area contributed by atoms with E-state index in [0.717, 1.165) is 11.8 Å². The van der Waals surface area contributed by atoms with E-state index in [1.165, 1.54) is 64.0 Å². The van der Waals surface area contributed by atoms with Crippen molar-refractivity contribution in [3.05, 3.63) is 145 Å². The van der Waals surface area contributed by atoms with E-state index in [-0.39, 0.29) is 0 Å². The Morgan fingerprint density at radius 1 is 0.630 bits per heavy atom. The monoisotopic (exact) mass is 600 g/mol. The van der Waals surface area contributed by atoms with Crippen molar-refractivity contribution in [2.75, 3.05) is 10.2 Å². The minimum absolute atomic E-state index is 0.350. The summed E-state index contributed by atoms with van der Waals surface area (Å²) in [4.78, 5) is 2.92. The van der Waals surface area contributed by atoms with Gasteiger partial charge in [0.1, 0.15) is 0 Å². The van der Waals surface area contributed by atoms with Crippen molar-refractivity contribution in [2.45, 2.75) is 57.2 Å². The maximum Gasteiger partial charge on any atom is 0.0554 e. The Balaban J connectivity index is 1.11. The van der Waals surface area contributed by atoms with E-state index in [1.54, 1.807) is 0 Å². The molecular weight excluding hydrogens is 556 g/mol. The molecule has 0 spiro atoms. The molecule has 2 nitrogen and oxygen atoms in total. The first-order chi connectivity index (χ1) is 22.6. The number of hydrogen-bond donors (Lipinski definition) is 1. The Kier molecular flexibility index (Phi) is 6.81. The lowest BCUT2D eigenvalue weighted by Gasteiger charge is -2.41. The fourth-order valence-electron chi connectivity index (χ4n) is 9.66. The summed E-state index contributed by atoms with van der Waals surface area (Å²) in [5.41, 5.74) is 10.8. The van der Waals surface area contributed by atoms with Gasteiger partial charge < -0.3 is 10.2 Å². The Morgan fingerprint density at radius 2 is 1.30 bits per heavy atom. The highest BCUT2D eigenvalue weighted by molar-refractivity contribution is 5.79. The van der Waals surface area contributed by atoms with E-state index in [4.69, 9.17) is 0 Å². The van der Waals surface area contributed by atoms with Gasteiger partial charge in [-0.15, -0.1) is 0 Å². The molecule has 5 aliphatic rings. The van der Waals surface area contributed by atoms with Crippen LogP contribution in [0.4, 0.5) is 11.4 Å². The average Bonchev–Trinajstić information content (AvgIpc) is 3.63. The summed E-state index contributed by atoms with van der Waals surface area (Å²) in [5.74, 6) is 3.70. The largest absolute Gasteiger partial charge is 0.378 e. The number of para-hydroxylation sites is 1. The van der Waals surface area contributed by atoms with Gasteiger partial charge in [0.15, 0.2) is 0 Å². The third kappa shape index (κ3) is 4.68. The van der Waals surface area contributed by atoms with Gasteiger partial charge in [-0.3, -0.25) is 0 Å². The lowest BCUT2D eigenvalue weighted by molar-refractivity contribution is 0.179. The molecule has 9 rings (SSSR count). The summed E-state index contributed by atoms with van der Waals surface area (Å²) in [7, 11) is 0. The van der Waals surface area contributed by atoms with Crippen molar-refractivity contribution in [1.29, 1.82) is 0 Å². The molecular formula is C44H44N2. The molecule has 2 fully saturated rings. The number of nitrogens with one attached hydrogen (secondary N) is 1. The molecule has 230 valence electrons. The van der Waals surface area contributed by atoms with Gasteiger partial charge in [0.2, 0.25) is 0 Å². The molecule has 0 amide bonds. The molecule has 9 unspecified atom stereocenters. The van der Waals surface area contributed by atoms with Crippen LogP contribution in [-0.4, -0.2) is 18.1 Å². The van der Waals surface area contributed by atoms with Crippen LogP contribution in [-0.2, 0) is 0 Å². The number of nitrogens with zero attached hydrogens (tertiary/aromatic N) is 1. The van der Waals surface area contributed by atoms with Crippen molar-refractivity contribution < 1.29 is 0 Å². The van der Waals surface area contributed by atoms with Gasteiger partial charge in [-0.25, -0.2) is 0 Å². The van der Waals surface area contributed by atoms with E-state index in [2.05, 4.69) is 158 Å². The number of fused-ring (bicyclic) bond motifs is 6. The zero-order valence-corrected chi connectivity index (χ0v) is 27.0. The van der Waals surface area contributed by atoms with Crippen LogP contribution in [0.1, 0.15) is 44.6 Å². The molecule has 4 aromatic rings. The molecule has 3 aliphatic carbocycles. The fraction of sp³-hybridized carbons (Fsp3) is 0.318. The van der Waals surface area contributed by atoms with Crippen LogP contribution >= 0.6 is 0 Å². The van der Waals surface area contributed by atoms with E-state index in [1.807, 2.05) is 0 Å². The Labute approximate surface area is 274 Å². The van der Waals surface area contributed by atoms with Crippen LogP contribution in [0, 0.1) is 29.6 Å². The Bertz CT molecular complexity index is 1780. The van der Waals surface area contributed by atoms with Crippen molar-refractivity contribution in [3.8, 4) is 22.3 Å². The van der Waals surface area contributed by atoms with Crippen molar-refractivity contribution in [2.24, 2.45) is 29.6 Å². The molecule has 2 aliphatic heterocycles. The fourth-order valence-corrected chi connectivity index (χ4v) is 9.66. The average molecular weight is 601 g/mol. The SMILES string of the molecule is CC1CC2C3C=CC(C4=CC5Nc6ccccc6C5C=C4)CC3N(c3cc(-c4ccccc4)cc(-c4ccccc4)c3)C2CC1C. The second-order valence-electron chi connectivity index (χ2n) is 14.7.